The second-order valence-electron chi connectivity index (χ2n) is 15.7. The van der Waals surface area contributed by atoms with Gasteiger partial charge in [0.25, 0.3) is 0 Å². The number of benzene rings is 9. The third-order valence-corrected chi connectivity index (χ3v) is 12.0. The summed E-state index contributed by atoms with van der Waals surface area (Å²) in [6, 6.07) is 74.4. The van der Waals surface area contributed by atoms with Crippen LogP contribution in [0.3, 0.4) is 0 Å². The average Bonchev–Trinajstić information content (AvgIpc) is 3.67. The fourth-order valence-corrected chi connectivity index (χ4v) is 9.20. The van der Waals surface area contributed by atoms with Crippen LogP contribution in [0, 0.1) is 0 Å². The first-order chi connectivity index (χ1) is 28.5. The van der Waals surface area contributed by atoms with Gasteiger partial charge in [-0.2, -0.15) is 0 Å². The molecular formula is C55H40N2O. The van der Waals surface area contributed by atoms with Gasteiger partial charge in [0, 0.05) is 49.8 Å². The highest BCUT2D eigenvalue weighted by molar-refractivity contribution is 6.14. The maximum atomic E-state index is 6.70. The summed E-state index contributed by atoms with van der Waals surface area (Å²) in [7, 11) is 0. The van der Waals surface area contributed by atoms with Gasteiger partial charge < -0.3 is 14.2 Å². The maximum Gasteiger partial charge on any atom is 0.143 e. The van der Waals surface area contributed by atoms with Crippen molar-refractivity contribution in [1.82, 2.24) is 0 Å². The SMILES string of the molecule is CC1(C)c2ccccc2N(c2c(-c3cccc4c3oc3ccccc34)ccc3ccccc23)c2ccc(N(c3ccccc3)c3ccc(-c4ccccc4)cc3)cc21. The van der Waals surface area contributed by atoms with Gasteiger partial charge in [-0.25, -0.2) is 0 Å². The molecule has 0 amide bonds. The van der Waals surface area contributed by atoms with Crippen molar-refractivity contribution in [1.29, 1.82) is 0 Å². The molecule has 0 unspecified atom stereocenters. The first-order valence-electron chi connectivity index (χ1n) is 20.0. The van der Waals surface area contributed by atoms with Crippen LogP contribution in [0.25, 0.3) is 55.0 Å². The Labute approximate surface area is 338 Å². The Balaban J connectivity index is 1.14. The smallest absolute Gasteiger partial charge is 0.143 e. The Morgan fingerprint density at radius 1 is 0.431 bits per heavy atom. The molecule has 0 N–H and O–H groups in total. The normalized spacial score (nSPS) is 13.1. The molecule has 0 atom stereocenters. The first kappa shape index (κ1) is 33.9. The second kappa shape index (κ2) is 13.4. The van der Waals surface area contributed by atoms with E-state index < -0.39 is 0 Å². The van der Waals surface area contributed by atoms with E-state index in [0.717, 1.165) is 61.5 Å². The number of anilines is 6. The molecule has 9 aromatic carbocycles. The minimum atomic E-state index is -0.304. The van der Waals surface area contributed by atoms with Gasteiger partial charge in [0.2, 0.25) is 0 Å². The molecule has 0 spiro atoms. The number of fused-ring (bicyclic) bond motifs is 6. The highest BCUT2D eigenvalue weighted by Gasteiger charge is 2.39. The number of nitrogens with zero attached hydrogens (tertiary/aromatic N) is 2. The van der Waals surface area contributed by atoms with Crippen molar-refractivity contribution in [3.05, 3.63) is 217 Å². The molecule has 0 saturated carbocycles. The zero-order valence-electron chi connectivity index (χ0n) is 32.4. The monoisotopic (exact) mass is 744 g/mol. The minimum absolute atomic E-state index is 0.304. The summed E-state index contributed by atoms with van der Waals surface area (Å²) in [6.07, 6.45) is 0. The third kappa shape index (κ3) is 5.35. The number of para-hydroxylation sites is 4. The molecule has 58 heavy (non-hydrogen) atoms. The van der Waals surface area contributed by atoms with E-state index in [0.29, 0.717) is 0 Å². The molecule has 0 radical (unpaired) electrons. The van der Waals surface area contributed by atoms with Crippen molar-refractivity contribution < 1.29 is 4.42 Å². The molecule has 1 aliphatic rings. The lowest BCUT2D eigenvalue weighted by Gasteiger charge is -2.43. The molecule has 10 aromatic rings. The number of furan rings is 1. The highest BCUT2D eigenvalue weighted by Crippen LogP contribution is 2.56. The molecule has 276 valence electrons. The summed E-state index contributed by atoms with van der Waals surface area (Å²) in [5.41, 5.74) is 15.4. The fraction of sp³-hybridized carbons (Fsp3) is 0.0545. The van der Waals surface area contributed by atoms with Crippen LogP contribution in [-0.2, 0) is 5.41 Å². The van der Waals surface area contributed by atoms with E-state index in [9.17, 15) is 0 Å². The van der Waals surface area contributed by atoms with Crippen molar-refractivity contribution in [3.8, 4) is 22.3 Å². The number of hydrogen-bond donors (Lipinski definition) is 0. The van der Waals surface area contributed by atoms with E-state index in [1.807, 2.05) is 6.07 Å². The fourth-order valence-electron chi connectivity index (χ4n) is 9.20. The zero-order chi connectivity index (χ0) is 38.8. The molecule has 3 heteroatoms. The molecule has 1 aromatic heterocycles. The summed E-state index contributed by atoms with van der Waals surface area (Å²) >= 11 is 0. The van der Waals surface area contributed by atoms with E-state index in [1.54, 1.807) is 0 Å². The number of rotatable bonds is 6. The lowest BCUT2D eigenvalue weighted by atomic mass is 9.73. The second-order valence-corrected chi connectivity index (χ2v) is 15.7. The molecule has 3 nitrogen and oxygen atoms in total. The Bertz CT molecular complexity index is 3140. The Kier molecular flexibility index (Phi) is 7.84. The number of hydrogen-bond acceptors (Lipinski definition) is 3. The van der Waals surface area contributed by atoms with Gasteiger partial charge in [-0.1, -0.05) is 166 Å². The molecule has 0 bridgehead atoms. The zero-order valence-corrected chi connectivity index (χ0v) is 32.4. The largest absolute Gasteiger partial charge is 0.455 e. The Morgan fingerprint density at radius 3 is 1.88 bits per heavy atom. The van der Waals surface area contributed by atoms with Crippen molar-refractivity contribution in [2.45, 2.75) is 19.3 Å². The summed E-state index contributed by atoms with van der Waals surface area (Å²) in [6.45, 7) is 4.74. The van der Waals surface area contributed by atoms with Gasteiger partial charge in [-0.3, -0.25) is 0 Å². The van der Waals surface area contributed by atoms with E-state index in [-0.39, 0.29) is 5.41 Å². The van der Waals surface area contributed by atoms with Crippen LogP contribution in [0.1, 0.15) is 25.0 Å². The molecule has 0 aliphatic carbocycles. The van der Waals surface area contributed by atoms with Crippen LogP contribution in [0.2, 0.25) is 0 Å². The summed E-state index contributed by atoms with van der Waals surface area (Å²) < 4.78 is 6.70. The van der Waals surface area contributed by atoms with E-state index >= 15 is 0 Å². The topological polar surface area (TPSA) is 19.6 Å². The molecule has 11 rings (SSSR count). The van der Waals surface area contributed by atoms with Crippen molar-refractivity contribution in [3.63, 3.8) is 0 Å². The van der Waals surface area contributed by atoms with Gasteiger partial charge >= 0.3 is 0 Å². The van der Waals surface area contributed by atoms with Gasteiger partial charge in [0.15, 0.2) is 0 Å². The van der Waals surface area contributed by atoms with E-state index in [4.69, 9.17) is 4.42 Å². The van der Waals surface area contributed by atoms with Crippen LogP contribution < -0.4 is 9.80 Å². The van der Waals surface area contributed by atoms with Crippen LogP contribution in [0.4, 0.5) is 34.1 Å². The molecule has 2 heterocycles. The van der Waals surface area contributed by atoms with Crippen LogP contribution >= 0.6 is 0 Å². The quantitative estimate of drug-likeness (QED) is 0.169. The van der Waals surface area contributed by atoms with Crippen LogP contribution in [-0.4, -0.2) is 0 Å². The predicted octanol–water partition coefficient (Wildman–Crippen LogP) is 15.7. The first-order valence-corrected chi connectivity index (χ1v) is 20.0. The Morgan fingerprint density at radius 2 is 1.05 bits per heavy atom. The molecule has 1 aliphatic heterocycles. The van der Waals surface area contributed by atoms with Crippen LogP contribution in [0.5, 0.6) is 0 Å². The van der Waals surface area contributed by atoms with Gasteiger partial charge in [0.1, 0.15) is 11.2 Å². The molecule has 0 saturated heterocycles. The molecular weight excluding hydrogens is 705 g/mol. The minimum Gasteiger partial charge on any atom is -0.455 e. The van der Waals surface area contributed by atoms with Crippen LogP contribution in [0.15, 0.2) is 211 Å². The third-order valence-electron chi connectivity index (χ3n) is 12.0. The average molecular weight is 745 g/mol. The van der Waals surface area contributed by atoms with Gasteiger partial charge in [0.05, 0.1) is 17.1 Å². The highest BCUT2D eigenvalue weighted by atomic mass is 16.3. The Hall–Kier alpha value is -7.36. The van der Waals surface area contributed by atoms with E-state index in [2.05, 4.69) is 224 Å². The predicted molar refractivity (Wildman–Crippen MR) is 244 cm³/mol. The lowest BCUT2D eigenvalue weighted by molar-refractivity contribution is 0.632. The summed E-state index contributed by atoms with van der Waals surface area (Å²) in [5, 5.41) is 4.62. The summed E-state index contributed by atoms with van der Waals surface area (Å²) in [5.74, 6) is 0. The van der Waals surface area contributed by atoms with Gasteiger partial charge in [-0.15, -0.1) is 0 Å². The van der Waals surface area contributed by atoms with Crippen molar-refractivity contribution in [2.75, 3.05) is 9.80 Å². The van der Waals surface area contributed by atoms with Crippen molar-refractivity contribution in [2.24, 2.45) is 0 Å². The molecule has 0 fully saturated rings. The standard InChI is InChI=1S/C55H40N2O/c1-55(2)48-25-12-13-26-50(48)57(53-43-21-10-9-18-39(43)30-34-45(53)47-24-15-23-46-44-22-11-14-27-52(44)58-54(46)47)51-35-33-42(36-49(51)55)56(40-19-7-4-8-20-40)41-31-28-38(29-32-41)37-16-5-3-6-17-37/h3-36H,1-2H3. The van der Waals surface area contributed by atoms with E-state index in [1.165, 1.54) is 38.7 Å². The summed E-state index contributed by atoms with van der Waals surface area (Å²) in [4.78, 5) is 4.89. The van der Waals surface area contributed by atoms with Crippen molar-refractivity contribution >= 4 is 66.8 Å². The maximum absolute atomic E-state index is 6.70. The van der Waals surface area contributed by atoms with Gasteiger partial charge in [-0.05, 0) is 82.2 Å². The lowest BCUT2D eigenvalue weighted by Crippen LogP contribution is -2.31.